The molecule has 0 radical (unpaired) electrons. The van der Waals surface area contributed by atoms with Crippen LogP contribution in [0.25, 0.3) is 0 Å². The zero-order chi connectivity index (χ0) is 14.0. The molecule has 1 aromatic rings. The highest BCUT2D eigenvalue weighted by atomic mass is 35.5. The van der Waals surface area contributed by atoms with Crippen molar-refractivity contribution in [2.75, 3.05) is 6.54 Å². The van der Waals surface area contributed by atoms with Gasteiger partial charge in [-0.2, -0.15) is 0 Å². The highest BCUT2D eigenvalue weighted by molar-refractivity contribution is 6.31. The number of aliphatic carboxylic acids is 1. The van der Waals surface area contributed by atoms with E-state index in [1.54, 1.807) is 18.2 Å². The van der Waals surface area contributed by atoms with Crippen LogP contribution in [-0.4, -0.2) is 34.5 Å². The Labute approximate surface area is 117 Å². The molecule has 1 fully saturated rings. The SMILES string of the molecule is CC1CCN(C(=O)Cc2ccccc2Cl)C1C(=O)O. The monoisotopic (exact) mass is 281 g/mol. The number of carbonyl (C=O) groups excluding carboxylic acids is 1. The molecule has 1 heterocycles. The quantitative estimate of drug-likeness (QED) is 0.924. The lowest BCUT2D eigenvalue weighted by atomic mass is 10.0. The summed E-state index contributed by atoms with van der Waals surface area (Å²) >= 11 is 6.02. The second kappa shape index (κ2) is 5.61. The number of nitrogens with zero attached hydrogens (tertiary/aromatic N) is 1. The van der Waals surface area contributed by atoms with E-state index in [0.29, 0.717) is 11.6 Å². The highest BCUT2D eigenvalue weighted by Gasteiger charge is 2.39. The normalized spacial score (nSPS) is 22.5. The number of amides is 1. The van der Waals surface area contributed by atoms with Crippen LogP contribution in [0.5, 0.6) is 0 Å². The van der Waals surface area contributed by atoms with Crippen LogP contribution < -0.4 is 0 Å². The third-order valence-electron chi connectivity index (χ3n) is 3.57. The van der Waals surface area contributed by atoms with E-state index >= 15 is 0 Å². The van der Waals surface area contributed by atoms with Gasteiger partial charge in [0.1, 0.15) is 6.04 Å². The summed E-state index contributed by atoms with van der Waals surface area (Å²) in [5, 5.41) is 9.74. The molecule has 2 unspecified atom stereocenters. The number of carboxylic acids is 1. The van der Waals surface area contributed by atoms with Gasteiger partial charge in [-0.3, -0.25) is 4.79 Å². The van der Waals surface area contributed by atoms with E-state index in [2.05, 4.69) is 0 Å². The van der Waals surface area contributed by atoms with Crippen molar-refractivity contribution in [1.82, 2.24) is 4.90 Å². The minimum absolute atomic E-state index is 0.00676. The zero-order valence-corrected chi connectivity index (χ0v) is 11.4. The first-order valence-electron chi connectivity index (χ1n) is 6.26. The van der Waals surface area contributed by atoms with E-state index < -0.39 is 12.0 Å². The van der Waals surface area contributed by atoms with Crippen LogP contribution in [0.3, 0.4) is 0 Å². The maximum absolute atomic E-state index is 12.2. The molecule has 0 aliphatic carbocycles. The lowest BCUT2D eigenvalue weighted by molar-refractivity contribution is -0.149. The fourth-order valence-electron chi connectivity index (χ4n) is 2.51. The summed E-state index contributed by atoms with van der Waals surface area (Å²) in [5.74, 6) is -1.12. The van der Waals surface area contributed by atoms with Crippen LogP contribution in [0, 0.1) is 5.92 Å². The van der Waals surface area contributed by atoms with Gasteiger partial charge in [-0.25, -0.2) is 4.79 Å². The van der Waals surface area contributed by atoms with Gasteiger partial charge in [0.25, 0.3) is 0 Å². The van der Waals surface area contributed by atoms with E-state index in [1.807, 2.05) is 13.0 Å². The first-order chi connectivity index (χ1) is 9.00. The molecule has 1 aliphatic heterocycles. The largest absolute Gasteiger partial charge is 0.480 e. The van der Waals surface area contributed by atoms with Crippen molar-refractivity contribution >= 4 is 23.5 Å². The number of hydrogen-bond acceptors (Lipinski definition) is 2. The number of hydrogen-bond donors (Lipinski definition) is 1. The Kier molecular flexibility index (Phi) is 4.10. The summed E-state index contributed by atoms with van der Waals surface area (Å²) < 4.78 is 0. The number of likely N-dealkylation sites (tertiary alicyclic amines) is 1. The lowest BCUT2D eigenvalue weighted by Crippen LogP contribution is -2.43. The van der Waals surface area contributed by atoms with E-state index in [0.717, 1.165) is 12.0 Å². The fraction of sp³-hybridized carbons (Fsp3) is 0.429. The number of benzene rings is 1. The maximum Gasteiger partial charge on any atom is 0.326 e. The van der Waals surface area contributed by atoms with Crippen LogP contribution in [-0.2, 0) is 16.0 Å². The van der Waals surface area contributed by atoms with Crippen LogP contribution in [0.2, 0.25) is 5.02 Å². The van der Waals surface area contributed by atoms with Gasteiger partial charge in [-0.15, -0.1) is 0 Å². The van der Waals surface area contributed by atoms with Gasteiger partial charge in [-0.05, 0) is 24.0 Å². The van der Waals surface area contributed by atoms with Gasteiger partial charge >= 0.3 is 5.97 Å². The Morgan fingerprint density at radius 2 is 2.11 bits per heavy atom. The summed E-state index contributed by atoms with van der Waals surface area (Å²) in [7, 11) is 0. The second-order valence-corrected chi connectivity index (χ2v) is 5.31. The van der Waals surface area contributed by atoms with Crippen molar-refractivity contribution in [3.8, 4) is 0 Å². The third kappa shape index (κ3) is 2.89. The van der Waals surface area contributed by atoms with Gasteiger partial charge in [0.05, 0.1) is 6.42 Å². The second-order valence-electron chi connectivity index (χ2n) is 4.90. The molecule has 2 atom stereocenters. The van der Waals surface area contributed by atoms with Crippen molar-refractivity contribution in [2.45, 2.75) is 25.8 Å². The average molecular weight is 282 g/mol. The Bertz CT molecular complexity index is 503. The number of carboxylic acid groups (broad SMARTS) is 1. The van der Waals surface area contributed by atoms with E-state index in [9.17, 15) is 14.7 Å². The molecule has 4 nitrogen and oxygen atoms in total. The first-order valence-corrected chi connectivity index (χ1v) is 6.64. The molecule has 1 saturated heterocycles. The molecule has 0 spiro atoms. The molecule has 102 valence electrons. The number of carbonyl (C=O) groups is 2. The van der Waals surface area contributed by atoms with Crippen LogP contribution >= 0.6 is 11.6 Å². The molecule has 2 rings (SSSR count). The van der Waals surface area contributed by atoms with Crippen LogP contribution in [0.15, 0.2) is 24.3 Å². The summed E-state index contributed by atoms with van der Waals surface area (Å²) in [5.41, 5.74) is 0.734. The number of rotatable bonds is 3. The predicted molar refractivity (Wildman–Crippen MR) is 72.1 cm³/mol. The Hall–Kier alpha value is -1.55. The molecule has 5 heteroatoms. The molecular weight excluding hydrogens is 266 g/mol. The summed E-state index contributed by atoms with van der Waals surface area (Å²) in [6.07, 6.45) is 0.876. The van der Waals surface area contributed by atoms with E-state index in [1.165, 1.54) is 4.90 Å². The molecule has 19 heavy (non-hydrogen) atoms. The zero-order valence-electron chi connectivity index (χ0n) is 10.7. The summed E-state index contributed by atoms with van der Waals surface area (Å²) in [4.78, 5) is 24.9. The smallest absolute Gasteiger partial charge is 0.326 e. The van der Waals surface area contributed by atoms with Gasteiger partial charge in [-0.1, -0.05) is 36.7 Å². The molecule has 0 aromatic heterocycles. The predicted octanol–water partition coefficient (Wildman–Crippen LogP) is 2.20. The molecule has 1 N–H and O–H groups in total. The van der Waals surface area contributed by atoms with Crippen LogP contribution in [0.4, 0.5) is 0 Å². The van der Waals surface area contributed by atoms with Crippen molar-refractivity contribution in [3.63, 3.8) is 0 Å². The van der Waals surface area contributed by atoms with E-state index in [4.69, 9.17) is 11.6 Å². The average Bonchev–Trinajstić information content (AvgIpc) is 2.74. The number of halogens is 1. The molecule has 1 aliphatic rings. The topological polar surface area (TPSA) is 57.6 Å². The van der Waals surface area contributed by atoms with E-state index in [-0.39, 0.29) is 18.2 Å². The highest BCUT2D eigenvalue weighted by Crippen LogP contribution is 2.25. The fourth-order valence-corrected chi connectivity index (χ4v) is 2.71. The maximum atomic E-state index is 12.2. The van der Waals surface area contributed by atoms with Gasteiger partial charge in [0.15, 0.2) is 0 Å². The molecule has 1 amide bonds. The first kappa shape index (κ1) is 13.9. The minimum Gasteiger partial charge on any atom is -0.480 e. The molecule has 0 bridgehead atoms. The molecule has 0 saturated carbocycles. The molecule has 1 aromatic carbocycles. The third-order valence-corrected chi connectivity index (χ3v) is 3.94. The lowest BCUT2D eigenvalue weighted by Gasteiger charge is -2.23. The Morgan fingerprint density at radius 3 is 2.74 bits per heavy atom. The van der Waals surface area contributed by atoms with Gasteiger partial charge in [0.2, 0.25) is 5.91 Å². The van der Waals surface area contributed by atoms with Crippen LogP contribution in [0.1, 0.15) is 18.9 Å². The van der Waals surface area contributed by atoms with Gasteiger partial charge in [0, 0.05) is 11.6 Å². The molecular formula is C14H16ClNO3. The van der Waals surface area contributed by atoms with Crippen molar-refractivity contribution < 1.29 is 14.7 Å². The van der Waals surface area contributed by atoms with Crippen molar-refractivity contribution in [1.29, 1.82) is 0 Å². The van der Waals surface area contributed by atoms with Crippen molar-refractivity contribution in [2.24, 2.45) is 5.92 Å². The summed E-state index contributed by atoms with van der Waals surface area (Å²) in [6.45, 7) is 2.36. The summed E-state index contributed by atoms with van der Waals surface area (Å²) in [6, 6.07) is 6.42. The minimum atomic E-state index is -0.933. The Morgan fingerprint density at radius 1 is 1.42 bits per heavy atom. The Balaban J connectivity index is 2.12. The standard InChI is InChI=1S/C14H16ClNO3/c1-9-6-7-16(13(9)14(18)19)12(17)8-10-4-2-3-5-11(10)15/h2-5,9,13H,6-8H2,1H3,(H,18,19). The van der Waals surface area contributed by atoms with Gasteiger partial charge < -0.3 is 10.0 Å². The van der Waals surface area contributed by atoms with Crippen molar-refractivity contribution in [3.05, 3.63) is 34.9 Å².